The van der Waals surface area contributed by atoms with E-state index in [-0.39, 0.29) is 5.91 Å². The standard InChI is InChI=1S/C19H27N5O2/c1-3-17-20-18(22-21-17)14-23-10-7-11-24(13-12-23)19(25)15-8-5-6-9-16(15)26-4-2/h5-6,8-9H,3-4,7,10-14H2,1-2H3,(H,20,21,22). The molecule has 140 valence electrons. The lowest BCUT2D eigenvalue weighted by Gasteiger charge is -2.22. The van der Waals surface area contributed by atoms with Gasteiger partial charge in [-0.15, -0.1) is 0 Å². The zero-order valence-corrected chi connectivity index (χ0v) is 15.6. The van der Waals surface area contributed by atoms with Gasteiger partial charge in [-0.25, -0.2) is 4.98 Å². The van der Waals surface area contributed by atoms with E-state index in [1.807, 2.05) is 43.0 Å². The van der Waals surface area contributed by atoms with E-state index >= 15 is 0 Å². The summed E-state index contributed by atoms with van der Waals surface area (Å²) in [4.78, 5) is 21.7. The number of nitrogens with one attached hydrogen (secondary N) is 1. The maximum Gasteiger partial charge on any atom is 0.257 e. The van der Waals surface area contributed by atoms with Crippen LogP contribution in [-0.2, 0) is 13.0 Å². The molecule has 7 nitrogen and oxygen atoms in total. The number of rotatable bonds is 6. The number of carbonyl (C=O) groups excluding carboxylic acids is 1. The van der Waals surface area contributed by atoms with Crippen LogP contribution in [0, 0.1) is 0 Å². The number of aromatic amines is 1. The highest BCUT2D eigenvalue weighted by atomic mass is 16.5. The molecule has 1 aromatic carbocycles. The second kappa shape index (κ2) is 8.80. The SMILES string of the molecule is CCOc1ccccc1C(=O)N1CCCN(Cc2nc(CC)n[nH]2)CC1. The maximum atomic E-state index is 13.0. The van der Waals surface area contributed by atoms with Crippen molar-refractivity contribution in [3.8, 4) is 5.75 Å². The third-order valence-corrected chi connectivity index (χ3v) is 4.56. The summed E-state index contributed by atoms with van der Waals surface area (Å²) in [5.41, 5.74) is 0.644. The lowest BCUT2D eigenvalue weighted by molar-refractivity contribution is 0.0757. The molecular weight excluding hydrogens is 330 g/mol. The number of amides is 1. The average Bonchev–Trinajstić information content (AvgIpc) is 2.99. The van der Waals surface area contributed by atoms with Gasteiger partial charge in [-0.2, -0.15) is 5.10 Å². The van der Waals surface area contributed by atoms with Gasteiger partial charge >= 0.3 is 0 Å². The predicted molar refractivity (Wildman–Crippen MR) is 99.2 cm³/mol. The van der Waals surface area contributed by atoms with Gasteiger partial charge < -0.3 is 9.64 Å². The molecule has 1 fully saturated rings. The Labute approximate surface area is 154 Å². The fraction of sp³-hybridized carbons (Fsp3) is 0.526. The van der Waals surface area contributed by atoms with Crippen LogP contribution < -0.4 is 4.74 Å². The zero-order valence-electron chi connectivity index (χ0n) is 15.6. The van der Waals surface area contributed by atoms with Crippen molar-refractivity contribution in [3.05, 3.63) is 41.5 Å². The number of benzene rings is 1. The molecule has 1 N–H and O–H groups in total. The first kappa shape index (κ1) is 18.4. The molecule has 2 aromatic rings. The highest BCUT2D eigenvalue weighted by molar-refractivity contribution is 5.97. The summed E-state index contributed by atoms with van der Waals surface area (Å²) >= 11 is 0. The third kappa shape index (κ3) is 4.40. The molecule has 3 rings (SSSR count). The third-order valence-electron chi connectivity index (χ3n) is 4.56. The van der Waals surface area contributed by atoms with E-state index < -0.39 is 0 Å². The van der Waals surface area contributed by atoms with Crippen molar-refractivity contribution in [1.82, 2.24) is 25.0 Å². The van der Waals surface area contributed by atoms with Gasteiger partial charge in [0.2, 0.25) is 0 Å². The topological polar surface area (TPSA) is 74.3 Å². The molecule has 0 atom stereocenters. The summed E-state index contributed by atoms with van der Waals surface area (Å²) < 4.78 is 5.62. The molecule has 26 heavy (non-hydrogen) atoms. The molecule has 1 aliphatic rings. The highest BCUT2D eigenvalue weighted by Crippen LogP contribution is 2.21. The second-order valence-electron chi connectivity index (χ2n) is 6.40. The maximum absolute atomic E-state index is 13.0. The van der Waals surface area contributed by atoms with Gasteiger partial charge in [0.15, 0.2) is 0 Å². The van der Waals surface area contributed by atoms with E-state index in [1.54, 1.807) is 0 Å². The van der Waals surface area contributed by atoms with Crippen LogP contribution in [0.25, 0.3) is 0 Å². The van der Waals surface area contributed by atoms with Crippen LogP contribution in [0.5, 0.6) is 5.75 Å². The van der Waals surface area contributed by atoms with Crippen molar-refractivity contribution in [2.75, 3.05) is 32.8 Å². The van der Waals surface area contributed by atoms with E-state index in [1.165, 1.54) is 0 Å². The van der Waals surface area contributed by atoms with Crippen molar-refractivity contribution in [1.29, 1.82) is 0 Å². The molecule has 0 saturated carbocycles. The van der Waals surface area contributed by atoms with Crippen LogP contribution in [-0.4, -0.2) is 63.7 Å². The first-order chi connectivity index (χ1) is 12.7. The zero-order chi connectivity index (χ0) is 18.4. The fourth-order valence-electron chi connectivity index (χ4n) is 3.20. The van der Waals surface area contributed by atoms with Gasteiger partial charge in [0.05, 0.1) is 18.7 Å². The number of aromatic nitrogens is 3. The van der Waals surface area contributed by atoms with Crippen LogP contribution in [0.4, 0.5) is 0 Å². The fourth-order valence-corrected chi connectivity index (χ4v) is 3.20. The minimum atomic E-state index is 0.0452. The lowest BCUT2D eigenvalue weighted by Crippen LogP contribution is -2.35. The number of para-hydroxylation sites is 1. The molecule has 0 unspecified atom stereocenters. The Hall–Kier alpha value is -2.41. The molecule has 1 aromatic heterocycles. The monoisotopic (exact) mass is 357 g/mol. The Bertz CT molecular complexity index is 730. The van der Waals surface area contributed by atoms with Crippen molar-refractivity contribution >= 4 is 5.91 Å². The van der Waals surface area contributed by atoms with Crippen molar-refractivity contribution in [3.63, 3.8) is 0 Å². The van der Waals surface area contributed by atoms with Crippen molar-refractivity contribution < 1.29 is 9.53 Å². The summed E-state index contributed by atoms with van der Waals surface area (Å²) in [5, 5.41) is 7.20. The highest BCUT2D eigenvalue weighted by Gasteiger charge is 2.23. The molecule has 0 bridgehead atoms. The van der Waals surface area contributed by atoms with E-state index in [2.05, 4.69) is 20.1 Å². The Morgan fingerprint density at radius 1 is 1.19 bits per heavy atom. The molecule has 1 aliphatic heterocycles. The minimum Gasteiger partial charge on any atom is -0.493 e. The van der Waals surface area contributed by atoms with E-state index in [0.717, 1.165) is 50.7 Å². The first-order valence-corrected chi connectivity index (χ1v) is 9.34. The Kier molecular flexibility index (Phi) is 6.22. The Morgan fingerprint density at radius 2 is 2.04 bits per heavy atom. The number of H-pyrrole nitrogens is 1. The van der Waals surface area contributed by atoms with Gasteiger partial charge in [0.1, 0.15) is 17.4 Å². The number of ether oxygens (including phenoxy) is 1. The first-order valence-electron chi connectivity index (χ1n) is 9.34. The predicted octanol–water partition coefficient (Wildman–Crippen LogP) is 2.11. The number of aryl methyl sites for hydroxylation is 1. The molecule has 1 amide bonds. The summed E-state index contributed by atoms with van der Waals surface area (Å²) in [6.45, 7) is 8.49. The quantitative estimate of drug-likeness (QED) is 0.857. The number of nitrogens with zero attached hydrogens (tertiary/aromatic N) is 4. The lowest BCUT2D eigenvalue weighted by atomic mass is 10.1. The molecular formula is C19H27N5O2. The van der Waals surface area contributed by atoms with Gasteiger partial charge in [0, 0.05) is 32.6 Å². The summed E-state index contributed by atoms with van der Waals surface area (Å²) in [6.07, 6.45) is 1.77. The molecule has 0 aliphatic carbocycles. The largest absolute Gasteiger partial charge is 0.493 e. The van der Waals surface area contributed by atoms with Gasteiger partial charge in [0.25, 0.3) is 5.91 Å². The van der Waals surface area contributed by atoms with E-state index in [9.17, 15) is 4.79 Å². The summed E-state index contributed by atoms with van der Waals surface area (Å²) in [5.74, 6) is 2.45. The van der Waals surface area contributed by atoms with Gasteiger partial charge in [-0.05, 0) is 25.5 Å². The average molecular weight is 357 g/mol. The van der Waals surface area contributed by atoms with Crippen molar-refractivity contribution in [2.45, 2.75) is 33.2 Å². The van der Waals surface area contributed by atoms with Gasteiger partial charge in [-0.3, -0.25) is 14.8 Å². The van der Waals surface area contributed by atoms with Gasteiger partial charge in [-0.1, -0.05) is 19.1 Å². The Balaban J connectivity index is 1.62. The van der Waals surface area contributed by atoms with Crippen LogP contribution in [0.3, 0.4) is 0 Å². The smallest absolute Gasteiger partial charge is 0.257 e. The van der Waals surface area contributed by atoms with E-state index in [4.69, 9.17) is 4.74 Å². The van der Waals surface area contributed by atoms with Crippen LogP contribution in [0.2, 0.25) is 0 Å². The second-order valence-corrected chi connectivity index (χ2v) is 6.40. The van der Waals surface area contributed by atoms with Crippen molar-refractivity contribution in [2.24, 2.45) is 0 Å². The van der Waals surface area contributed by atoms with E-state index in [0.29, 0.717) is 24.5 Å². The summed E-state index contributed by atoms with van der Waals surface area (Å²) in [7, 11) is 0. The number of hydrogen-bond acceptors (Lipinski definition) is 5. The number of hydrogen-bond donors (Lipinski definition) is 1. The Morgan fingerprint density at radius 3 is 2.81 bits per heavy atom. The van der Waals surface area contributed by atoms with Crippen LogP contribution in [0.15, 0.2) is 24.3 Å². The normalized spacial score (nSPS) is 15.7. The molecule has 2 heterocycles. The number of carbonyl (C=O) groups is 1. The van der Waals surface area contributed by atoms with Crippen LogP contribution in [0.1, 0.15) is 42.3 Å². The van der Waals surface area contributed by atoms with Crippen LogP contribution >= 0.6 is 0 Å². The summed E-state index contributed by atoms with van der Waals surface area (Å²) in [6, 6.07) is 7.48. The molecule has 1 saturated heterocycles. The molecule has 0 spiro atoms. The molecule has 7 heteroatoms. The minimum absolute atomic E-state index is 0.0452. The molecule has 0 radical (unpaired) electrons.